The zero-order valence-corrected chi connectivity index (χ0v) is 15.0. The van der Waals surface area contributed by atoms with Crippen molar-refractivity contribution in [2.24, 2.45) is 0 Å². The fourth-order valence-corrected chi connectivity index (χ4v) is 2.68. The van der Waals surface area contributed by atoms with E-state index < -0.39 is 6.10 Å². The Bertz CT molecular complexity index is 676. The number of nitrogens with zero attached hydrogens (tertiary/aromatic N) is 1. The van der Waals surface area contributed by atoms with Crippen LogP contribution in [0.4, 0.5) is 0 Å². The molecule has 5 heteroatoms. The van der Waals surface area contributed by atoms with Gasteiger partial charge in [-0.1, -0.05) is 49.4 Å². The van der Waals surface area contributed by atoms with Crippen molar-refractivity contribution in [3.63, 3.8) is 0 Å². The van der Waals surface area contributed by atoms with E-state index in [1.54, 1.807) is 13.2 Å². The van der Waals surface area contributed by atoms with Gasteiger partial charge < -0.3 is 15.2 Å². The maximum atomic E-state index is 12.7. The number of aliphatic hydroxyl groups is 1. The van der Waals surface area contributed by atoms with Crippen molar-refractivity contribution in [1.29, 1.82) is 0 Å². The van der Waals surface area contributed by atoms with Crippen LogP contribution in [0.3, 0.4) is 0 Å². The quantitative estimate of drug-likeness (QED) is 0.774. The van der Waals surface area contributed by atoms with E-state index in [4.69, 9.17) is 4.74 Å². The molecule has 25 heavy (non-hydrogen) atoms. The lowest BCUT2D eigenvalue weighted by molar-refractivity contribution is -0.126. The third-order valence-electron chi connectivity index (χ3n) is 4.25. The number of aliphatic hydroxyl groups excluding tert-OH is 1. The van der Waals surface area contributed by atoms with Gasteiger partial charge in [0.25, 0.3) is 0 Å². The first-order valence-electron chi connectivity index (χ1n) is 8.41. The highest BCUT2D eigenvalue weighted by Crippen LogP contribution is 2.21. The number of rotatable bonds is 8. The Hall–Kier alpha value is -2.37. The third-order valence-corrected chi connectivity index (χ3v) is 4.25. The van der Waals surface area contributed by atoms with E-state index in [2.05, 4.69) is 5.32 Å². The van der Waals surface area contributed by atoms with Gasteiger partial charge in [-0.25, -0.2) is 0 Å². The van der Waals surface area contributed by atoms with Crippen molar-refractivity contribution in [1.82, 2.24) is 10.2 Å². The summed E-state index contributed by atoms with van der Waals surface area (Å²) in [5, 5.41) is 13.2. The number of hydrogen-bond acceptors (Lipinski definition) is 4. The number of amides is 1. The SMILES string of the molecule is CCN(C)C(C(=O)NCC(O)c1cccc(OC)c1)c1ccccc1. The molecule has 0 heterocycles. The molecular formula is C20H26N2O3. The second-order valence-corrected chi connectivity index (χ2v) is 5.92. The molecule has 2 N–H and O–H groups in total. The predicted molar refractivity (Wildman–Crippen MR) is 98.5 cm³/mol. The first-order valence-corrected chi connectivity index (χ1v) is 8.41. The normalized spacial score (nSPS) is 13.3. The van der Waals surface area contributed by atoms with Crippen LogP contribution in [0.5, 0.6) is 5.75 Å². The zero-order valence-electron chi connectivity index (χ0n) is 15.0. The van der Waals surface area contributed by atoms with Gasteiger partial charge in [0.15, 0.2) is 0 Å². The molecule has 0 saturated heterocycles. The van der Waals surface area contributed by atoms with Gasteiger partial charge in [-0.3, -0.25) is 9.69 Å². The van der Waals surface area contributed by atoms with Crippen LogP contribution in [0.25, 0.3) is 0 Å². The van der Waals surface area contributed by atoms with Gasteiger partial charge in [0.1, 0.15) is 11.8 Å². The van der Waals surface area contributed by atoms with Gasteiger partial charge in [-0.05, 0) is 36.9 Å². The van der Waals surface area contributed by atoms with Crippen molar-refractivity contribution in [3.8, 4) is 5.75 Å². The average molecular weight is 342 g/mol. The van der Waals surface area contributed by atoms with Gasteiger partial charge in [0, 0.05) is 6.54 Å². The van der Waals surface area contributed by atoms with Crippen molar-refractivity contribution in [2.45, 2.75) is 19.1 Å². The largest absolute Gasteiger partial charge is 0.497 e. The maximum Gasteiger partial charge on any atom is 0.242 e. The summed E-state index contributed by atoms with van der Waals surface area (Å²) in [5.74, 6) is 0.549. The van der Waals surface area contributed by atoms with Crippen LogP contribution >= 0.6 is 0 Å². The maximum absolute atomic E-state index is 12.7. The molecule has 0 bridgehead atoms. The minimum absolute atomic E-state index is 0.127. The van der Waals surface area contributed by atoms with Crippen molar-refractivity contribution in [2.75, 3.05) is 27.2 Å². The highest BCUT2D eigenvalue weighted by atomic mass is 16.5. The van der Waals surface area contributed by atoms with Crippen LogP contribution in [0.15, 0.2) is 54.6 Å². The molecule has 0 aliphatic heterocycles. The molecule has 0 spiro atoms. The summed E-state index contributed by atoms with van der Waals surface area (Å²) >= 11 is 0. The Morgan fingerprint density at radius 1 is 1.16 bits per heavy atom. The smallest absolute Gasteiger partial charge is 0.242 e. The monoisotopic (exact) mass is 342 g/mol. The summed E-state index contributed by atoms with van der Waals surface area (Å²) in [6.07, 6.45) is -0.789. The average Bonchev–Trinajstić information content (AvgIpc) is 2.67. The van der Waals surface area contributed by atoms with Crippen LogP contribution in [0.1, 0.15) is 30.2 Å². The molecule has 2 atom stereocenters. The Kier molecular flexibility index (Phi) is 6.98. The second kappa shape index (κ2) is 9.20. The molecular weight excluding hydrogens is 316 g/mol. The van der Waals surface area contributed by atoms with Gasteiger partial charge in [0.05, 0.1) is 13.2 Å². The molecule has 2 aromatic carbocycles. The summed E-state index contributed by atoms with van der Waals surface area (Å²) in [6, 6.07) is 16.5. The molecule has 0 saturated carbocycles. The topological polar surface area (TPSA) is 61.8 Å². The van der Waals surface area contributed by atoms with E-state index in [-0.39, 0.29) is 18.5 Å². The minimum Gasteiger partial charge on any atom is -0.497 e. The first kappa shape index (κ1) is 19.0. The lowest BCUT2D eigenvalue weighted by Crippen LogP contribution is -2.40. The lowest BCUT2D eigenvalue weighted by Gasteiger charge is -2.27. The number of carbonyl (C=O) groups is 1. The Labute approximate surface area is 149 Å². The highest BCUT2D eigenvalue weighted by Gasteiger charge is 2.24. The number of methoxy groups -OCH3 is 1. The lowest BCUT2D eigenvalue weighted by atomic mass is 10.0. The predicted octanol–water partition coefficient (Wildman–Crippen LogP) is 2.54. The van der Waals surface area contributed by atoms with E-state index in [1.165, 1.54) is 0 Å². The molecule has 2 unspecified atom stereocenters. The van der Waals surface area contributed by atoms with Crippen molar-refractivity contribution >= 4 is 5.91 Å². The second-order valence-electron chi connectivity index (χ2n) is 5.92. The van der Waals surface area contributed by atoms with Crippen LogP contribution in [-0.2, 0) is 4.79 Å². The van der Waals surface area contributed by atoms with Crippen LogP contribution in [0.2, 0.25) is 0 Å². The van der Waals surface area contributed by atoms with E-state index in [0.717, 1.165) is 12.1 Å². The number of nitrogens with one attached hydrogen (secondary N) is 1. The van der Waals surface area contributed by atoms with E-state index in [1.807, 2.05) is 67.4 Å². The van der Waals surface area contributed by atoms with Crippen LogP contribution in [0, 0.1) is 0 Å². The van der Waals surface area contributed by atoms with Crippen molar-refractivity contribution < 1.29 is 14.6 Å². The summed E-state index contributed by atoms with van der Waals surface area (Å²) in [6.45, 7) is 2.90. The summed E-state index contributed by atoms with van der Waals surface area (Å²) in [7, 11) is 3.49. The van der Waals surface area contributed by atoms with Crippen molar-refractivity contribution in [3.05, 3.63) is 65.7 Å². The fourth-order valence-electron chi connectivity index (χ4n) is 2.68. The first-order chi connectivity index (χ1) is 12.1. The minimum atomic E-state index is -0.789. The van der Waals surface area contributed by atoms with Crippen LogP contribution in [-0.4, -0.2) is 43.2 Å². The van der Waals surface area contributed by atoms with Gasteiger partial charge in [-0.2, -0.15) is 0 Å². The van der Waals surface area contributed by atoms with Gasteiger partial charge >= 0.3 is 0 Å². The number of carbonyl (C=O) groups excluding carboxylic acids is 1. The summed E-state index contributed by atoms with van der Waals surface area (Å²) in [5.41, 5.74) is 1.64. The standard InChI is InChI=1S/C20H26N2O3/c1-4-22(2)19(15-9-6-5-7-10-15)20(24)21-14-18(23)16-11-8-12-17(13-16)25-3/h5-13,18-19,23H,4,14H2,1-3H3,(H,21,24). The van der Waals surface area contributed by atoms with Gasteiger partial charge in [0.2, 0.25) is 5.91 Å². The number of hydrogen-bond donors (Lipinski definition) is 2. The molecule has 0 aliphatic carbocycles. The number of benzene rings is 2. The van der Waals surface area contributed by atoms with Crippen LogP contribution < -0.4 is 10.1 Å². The number of ether oxygens (including phenoxy) is 1. The molecule has 1 amide bonds. The Morgan fingerprint density at radius 3 is 2.48 bits per heavy atom. The zero-order chi connectivity index (χ0) is 18.2. The number of likely N-dealkylation sites (N-methyl/N-ethyl adjacent to an activating group) is 1. The Balaban J connectivity index is 2.05. The molecule has 0 aromatic heterocycles. The van der Waals surface area contributed by atoms with Gasteiger partial charge in [-0.15, -0.1) is 0 Å². The summed E-state index contributed by atoms with van der Waals surface area (Å²) < 4.78 is 5.17. The fraction of sp³-hybridized carbons (Fsp3) is 0.350. The molecule has 5 nitrogen and oxygen atoms in total. The highest BCUT2D eigenvalue weighted by molar-refractivity contribution is 5.83. The molecule has 0 aliphatic rings. The van der Waals surface area contributed by atoms with E-state index in [9.17, 15) is 9.90 Å². The molecule has 0 radical (unpaired) electrons. The molecule has 2 rings (SSSR count). The third kappa shape index (κ3) is 5.05. The molecule has 2 aromatic rings. The van der Waals surface area contributed by atoms with E-state index >= 15 is 0 Å². The molecule has 0 fully saturated rings. The summed E-state index contributed by atoms with van der Waals surface area (Å²) in [4.78, 5) is 14.7. The Morgan fingerprint density at radius 2 is 1.84 bits per heavy atom. The van der Waals surface area contributed by atoms with E-state index in [0.29, 0.717) is 11.3 Å². The molecule has 134 valence electrons.